The summed E-state index contributed by atoms with van der Waals surface area (Å²) in [4.78, 5) is 17.4. The molecule has 0 atom stereocenters. The molecular weight excluding hydrogens is 516 g/mol. The van der Waals surface area contributed by atoms with Crippen LogP contribution in [0.4, 0.5) is 16.2 Å². The standard InChI is InChI=1S/C28H36N6O4S/c1-4-5-16-34(28(35)30-24-19-29-32(2)21-24)25-14-17-33(18-15-25)20-22-6-10-26(11-7-22)38-27-12-8-23(9-13-27)31-39(3,36)37/h4,6-13,19,21,25,31H,1,5,14-18,20H2,2-3H3,(H,30,35). The molecule has 0 saturated carbocycles. The molecule has 2 N–H and O–H groups in total. The summed E-state index contributed by atoms with van der Waals surface area (Å²) in [5, 5.41) is 7.10. The molecule has 1 saturated heterocycles. The summed E-state index contributed by atoms with van der Waals surface area (Å²) in [5.41, 5.74) is 2.37. The van der Waals surface area contributed by atoms with Gasteiger partial charge in [-0.3, -0.25) is 14.3 Å². The lowest BCUT2D eigenvalue weighted by Gasteiger charge is -2.38. The molecule has 2 aromatic carbocycles. The highest BCUT2D eigenvalue weighted by Gasteiger charge is 2.28. The number of anilines is 2. The Bertz CT molecular complexity index is 1350. The number of amides is 2. The average molecular weight is 553 g/mol. The molecular formula is C28H36N6O4S. The first-order chi connectivity index (χ1) is 18.7. The second-order valence-electron chi connectivity index (χ2n) is 9.76. The van der Waals surface area contributed by atoms with Crippen molar-refractivity contribution in [1.82, 2.24) is 19.6 Å². The molecule has 4 rings (SSSR count). The minimum atomic E-state index is -3.31. The number of urea groups is 1. The molecule has 1 fully saturated rings. The number of sulfonamides is 1. The molecule has 0 bridgehead atoms. The summed E-state index contributed by atoms with van der Waals surface area (Å²) in [6, 6.07) is 14.8. The highest BCUT2D eigenvalue weighted by molar-refractivity contribution is 7.92. The van der Waals surface area contributed by atoms with Gasteiger partial charge >= 0.3 is 6.03 Å². The van der Waals surface area contributed by atoms with Gasteiger partial charge in [0.2, 0.25) is 10.0 Å². The number of carbonyl (C=O) groups is 1. The van der Waals surface area contributed by atoms with E-state index >= 15 is 0 Å². The van der Waals surface area contributed by atoms with Crippen LogP contribution in [0, 0.1) is 0 Å². The van der Waals surface area contributed by atoms with Gasteiger partial charge in [-0.15, -0.1) is 6.58 Å². The molecule has 1 aliphatic rings. The number of hydrogen-bond acceptors (Lipinski definition) is 6. The first-order valence-electron chi connectivity index (χ1n) is 12.9. The number of ether oxygens (including phenoxy) is 1. The number of nitrogens with zero attached hydrogens (tertiary/aromatic N) is 4. The van der Waals surface area contributed by atoms with Crippen molar-refractivity contribution in [2.75, 3.05) is 35.9 Å². The zero-order valence-corrected chi connectivity index (χ0v) is 23.2. The van der Waals surface area contributed by atoms with Crippen molar-refractivity contribution in [3.05, 3.63) is 79.1 Å². The van der Waals surface area contributed by atoms with Gasteiger partial charge in [0.05, 0.1) is 18.1 Å². The van der Waals surface area contributed by atoms with Crippen molar-refractivity contribution < 1.29 is 17.9 Å². The van der Waals surface area contributed by atoms with Crippen LogP contribution in [-0.2, 0) is 23.6 Å². The number of hydrogen-bond donors (Lipinski definition) is 2. The van der Waals surface area contributed by atoms with Crippen LogP contribution in [0.2, 0.25) is 0 Å². The Morgan fingerprint density at radius 2 is 1.74 bits per heavy atom. The third-order valence-electron chi connectivity index (χ3n) is 6.51. The van der Waals surface area contributed by atoms with E-state index in [-0.39, 0.29) is 12.1 Å². The monoisotopic (exact) mass is 552 g/mol. The van der Waals surface area contributed by atoms with Gasteiger partial charge in [0.25, 0.3) is 0 Å². The Morgan fingerprint density at radius 1 is 1.10 bits per heavy atom. The molecule has 0 radical (unpaired) electrons. The number of nitrogens with one attached hydrogen (secondary N) is 2. The van der Waals surface area contributed by atoms with Gasteiger partial charge in [-0.25, -0.2) is 13.2 Å². The smallest absolute Gasteiger partial charge is 0.322 e. The summed E-state index contributed by atoms with van der Waals surface area (Å²) in [6.45, 7) is 7.09. The fourth-order valence-corrected chi connectivity index (χ4v) is 5.18. The van der Waals surface area contributed by atoms with E-state index in [4.69, 9.17) is 4.74 Å². The van der Waals surface area contributed by atoms with E-state index in [2.05, 4.69) is 38.7 Å². The molecule has 208 valence electrons. The first-order valence-corrected chi connectivity index (χ1v) is 14.8. The van der Waals surface area contributed by atoms with Crippen LogP contribution in [0.3, 0.4) is 0 Å². The molecule has 0 spiro atoms. The maximum Gasteiger partial charge on any atom is 0.322 e. The van der Waals surface area contributed by atoms with Crippen molar-refractivity contribution in [2.45, 2.75) is 31.8 Å². The van der Waals surface area contributed by atoms with Gasteiger partial charge in [0.15, 0.2) is 0 Å². The predicted molar refractivity (Wildman–Crippen MR) is 153 cm³/mol. The molecule has 10 nitrogen and oxygen atoms in total. The molecule has 1 aromatic heterocycles. The molecule has 11 heteroatoms. The van der Waals surface area contributed by atoms with Gasteiger partial charge < -0.3 is 15.0 Å². The minimum Gasteiger partial charge on any atom is -0.457 e. The molecule has 3 aromatic rings. The van der Waals surface area contributed by atoms with E-state index in [1.807, 2.05) is 30.2 Å². The van der Waals surface area contributed by atoms with Gasteiger partial charge in [-0.1, -0.05) is 18.2 Å². The number of piperidine rings is 1. The van der Waals surface area contributed by atoms with E-state index in [1.165, 1.54) is 5.56 Å². The highest BCUT2D eigenvalue weighted by Crippen LogP contribution is 2.25. The summed E-state index contributed by atoms with van der Waals surface area (Å²) in [5.74, 6) is 1.33. The zero-order valence-electron chi connectivity index (χ0n) is 22.4. The lowest BCUT2D eigenvalue weighted by molar-refractivity contribution is 0.124. The molecule has 39 heavy (non-hydrogen) atoms. The van der Waals surface area contributed by atoms with Gasteiger partial charge in [-0.2, -0.15) is 5.10 Å². The summed E-state index contributed by atoms with van der Waals surface area (Å²) in [6.07, 6.45) is 8.96. The first kappa shape index (κ1) is 28.2. The number of likely N-dealkylation sites (tertiary alicyclic amines) is 1. The van der Waals surface area contributed by atoms with Crippen molar-refractivity contribution >= 4 is 27.4 Å². The third-order valence-corrected chi connectivity index (χ3v) is 7.12. The molecule has 2 heterocycles. The maximum absolute atomic E-state index is 13.0. The van der Waals surface area contributed by atoms with Crippen molar-refractivity contribution in [3.8, 4) is 11.5 Å². The van der Waals surface area contributed by atoms with E-state index < -0.39 is 10.0 Å². The number of carbonyl (C=O) groups excluding carboxylic acids is 1. The van der Waals surface area contributed by atoms with Crippen LogP contribution in [0.25, 0.3) is 0 Å². The number of rotatable bonds is 11. The zero-order chi connectivity index (χ0) is 27.8. The number of aromatic nitrogens is 2. The minimum absolute atomic E-state index is 0.0970. The van der Waals surface area contributed by atoms with Gasteiger partial charge in [0.1, 0.15) is 11.5 Å². The second kappa shape index (κ2) is 12.8. The fraction of sp³-hybridized carbons (Fsp3) is 0.357. The lowest BCUT2D eigenvalue weighted by Crippen LogP contribution is -2.49. The van der Waals surface area contributed by atoms with Crippen LogP contribution < -0.4 is 14.8 Å². The fourth-order valence-electron chi connectivity index (χ4n) is 4.61. The van der Waals surface area contributed by atoms with E-state index in [0.29, 0.717) is 29.4 Å². The Hall–Kier alpha value is -3.83. The van der Waals surface area contributed by atoms with E-state index in [0.717, 1.165) is 45.2 Å². The van der Waals surface area contributed by atoms with E-state index in [1.54, 1.807) is 41.3 Å². The Morgan fingerprint density at radius 3 is 2.31 bits per heavy atom. The van der Waals surface area contributed by atoms with Crippen molar-refractivity contribution in [2.24, 2.45) is 7.05 Å². The van der Waals surface area contributed by atoms with Crippen molar-refractivity contribution in [1.29, 1.82) is 0 Å². The quantitative estimate of drug-likeness (QED) is 0.335. The largest absolute Gasteiger partial charge is 0.457 e. The van der Waals surface area contributed by atoms with Crippen LogP contribution in [-0.4, -0.2) is 66.0 Å². The maximum atomic E-state index is 13.0. The molecule has 2 amide bonds. The SMILES string of the molecule is C=CCCN(C(=O)Nc1cnn(C)c1)C1CCN(Cc2ccc(Oc3ccc(NS(C)(=O)=O)cc3)cc2)CC1. The molecule has 0 unspecified atom stereocenters. The Balaban J connectivity index is 1.27. The molecule has 1 aliphatic heterocycles. The van der Waals surface area contributed by atoms with Crippen molar-refractivity contribution in [3.63, 3.8) is 0 Å². The van der Waals surface area contributed by atoms with Crippen LogP contribution in [0.1, 0.15) is 24.8 Å². The predicted octanol–water partition coefficient (Wildman–Crippen LogP) is 4.66. The normalized spacial score (nSPS) is 14.5. The Kier molecular flexibility index (Phi) is 9.26. The average Bonchev–Trinajstić information content (AvgIpc) is 3.31. The van der Waals surface area contributed by atoms with Gasteiger partial charge in [-0.05, 0) is 61.2 Å². The summed E-state index contributed by atoms with van der Waals surface area (Å²) in [7, 11) is -1.49. The Labute approximate surface area is 230 Å². The van der Waals surface area contributed by atoms with Gasteiger partial charge in [0, 0.05) is 51.2 Å². The second-order valence-corrected chi connectivity index (χ2v) is 11.5. The third kappa shape index (κ3) is 8.59. The summed E-state index contributed by atoms with van der Waals surface area (Å²) < 4.78 is 32.7. The van der Waals surface area contributed by atoms with Crippen LogP contribution >= 0.6 is 0 Å². The summed E-state index contributed by atoms with van der Waals surface area (Å²) >= 11 is 0. The lowest BCUT2D eigenvalue weighted by atomic mass is 10.0. The van der Waals surface area contributed by atoms with Crippen LogP contribution in [0.5, 0.6) is 11.5 Å². The number of aryl methyl sites for hydroxylation is 1. The number of benzene rings is 2. The molecule has 0 aliphatic carbocycles. The van der Waals surface area contributed by atoms with Crippen LogP contribution in [0.15, 0.2) is 73.6 Å². The van der Waals surface area contributed by atoms with E-state index in [9.17, 15) is 13.2 Å². The topological polar surface area (TPSA) is 109 Å². The highest BCUT2D eigenvalue weighted by atomic mass is 32.2.